The van der Waals surface area contributed by atoms with Crippen molar-refractivity contribution < 1.29 is 19.2 Å². The van der Waals surface area contributed by atoms with Crippen LogP contribution < -0.4 is 16.0 Å². The van der Waals surface area contributed by atoms with Crippen LogP contribution in [0.3, 0.4) is 0 Å². The van der Waals surface area contributed by atoms with Crippen LogP contribution in [0.25, 0.3) is 0 Å². The second-order valence-electron chi connectivity index (χ2n) is 8.05. The van der Waals surface area contributed by atoms with Gasteiger partial charge in [0, 0.05) is 6.92 Å². The quantitative estimate of drug-likeness (QED) is 0.488. The maximum atomic E-state index is 12.8. The maximum Gasteiger partial charge on any atom is 0.243 e. The molecule has 0 aromatic heterocycles. The zero-order valence-corrected chi connectivity index (χ0v) is 17.9. The number of amides is 3. The van der Waals surface area contributed by atoms with Crippen LogP contribution in [0.1, 0.15) is 46.6 Å². The van der Waals surface area contributed by atoms with E-state index < -0.39 is 29.9 Å². The highest BCUT2D eigenvalue weighted by molar-refractivity contribution is 5.92. The minimum Gasteiger partial charge on any atom is -0.345 e. The van der Waals surface area contributed by atoms with Gasteiger partial charge in [-0.1, -0.05) is 58.0 Å². The Hall–Kier alpha value is -2.70. The van der Waals surface area contributed by atoms with Crippen molar-refractivity contribution in [3.05, 3.63) is 35.9 Å². The molecule has 3 atom stereocenters. The molecule has 3 N–H and O–H groups in total. The topological polar surface area (TPSA) is 104 Å². The molecule has 0 aliphatic carbocycles. The Morgan fingerprint density at radius 2 is 1.55 bits per heavy atom. The predicted molar refractivity (Wildman–Crippen MR) is 112 cm³/mol. The average molecular weight is 404 g/mol. The molecular formula is C22H33N3O4. The number of carbonyl (C=O) groups excluding carboxylic acids is 4. The van der Waals surface area contributed by atoms with Crippen molar-refractivity contribution >= 4 is 24.0 Å². The molecule has 0 heterocycles. The van der Waals surface area contributed by atoms with Crippen molar-refractivity contribution in [2.75, 3.05) is 0 Å². The van der Waals surface area contributed by atoms with Gasteiger partial charge in [0.15, 0.2) is 0 Å². The maximum absolute atomic E-state index is 12.8. The molecule has 29 heavy (non-hydrogen) atoms. The van der Waals surface area contributed by atoms with Crippen LogP contribution in [0.2, 0.25) is 0 Å². The van der Waals surface area contributed by atoms with Crippen LogP contribution in [0.4, 0.5) is 0 Å². The smallest absolute Gasteiger partial charge is 0.243 e. The highest BCUT2D eigenvalue weighted by atomic mass is 16.2. The van der Waals surface area contributed by atoms with Crippen molar-refractivity contribution in [2.45, 2.75) is 65.6 Å². The van der Waals surface area contributed by atoms with Crippen LogP contribution in [-0.2, 0) is 25.6 Å². The third-order valence-corrected chi connectivity index (χ3v) is 4.44. The highest BCUT2D eigenvalue weighted by Crippen LogP contribution is 2.09. The van der Waals surface area contributed by atoms with Crippen LogP contribution in [0.5, 0.6) is 0 Å². The van der Waals surface area contributed by atoms with Crippen LogP contribution in [0, 0.1) is 11.8 Å². The molecule has 0 spiro atoms. The summed E-state index contributed by atoms with van der Waals surface area (Å²) in [6.07, 6.45) is 1.53. The van der Waals surface area contributed by atoms with Gasteiger partial charge in [0.2, 0.25) is 17.7 Å². The summed E-state index contributed by atoms with van der Waals surface area (Å²) in [4.78, 5) is 48.4. The van der Waals surface area contributed by atoms with E-state index in [2.05, 4.69) is 16.0 Å². The molecular weight excluding hydrogens is 370 g/mol. The van der Waals surface area contributed by atoms with Crippen molar-refractivity contribution in [3.8, 4) is 0 Å². The summed E-state index contributed by atoms with van der Waals surface area (Å²) >= 11 is 0. The molecule has 1 rings (SSSR count). The molecule has 3 amide bonds. The summed E-state index contributed by atoms with van der Waals surface area (Å²) in [6.45, 7) is 8.88. The predicted octanol–water partition coefficient (Wildman–Crippen LogP) is 1.60. The minimum atomic E-state index is -0.816. The molecule has 0 unspecified atom stereocenters. The first kappa shape index (κ1) is 24.3. The number of benzene rings is 1. The van der Waals surface area contributed by atoms with Gasteiger partial charge in [0.05, 0.1) is 6.04 Å². The zero-order valence-electron chi connectivity index (χ0n) is 17.9. The van der Waals surface area contributed by atoms with E-state index >= 15 is 0 Å². The number of hydrogen-bond acceptors (Lipinski definition) is 4. The van der Waals surface area contributed by atoms with Gasteiger partial charge < -0.3 is 20.7 Å². The number of aldehydes is 1. The Balaban J connectivity index is 2.83. The van der Waals surface area contributed by atoms with Gasteiger partial charge in [-0.25, -0.2) is 0 Å². The van der Waals surface area contributed by atoms with Gasteiger partial charge in [-0.2, -0.15) is 0 Å². The molecule has 0 radical (unpaired) electrons. The van der Waals surface area contributed by atoms with Gasteiger partial charge in [0.25, 0.3) is 0 Å². The molecule has 0 fully saturated rings. The molecule has 1 aromatic rings. The number of carbonyl (C=O) groups is 4. The summed E-state index contributed by atoms with van der Waals surface area (Å²) in [5.74, 6) is -1.14. The van der Waals surface area contributed by atoms with Gasteiger partial charge in [-0.3, -0.25) is 14.4 Å². The van der Waals surface area contributed by atoms with Crippen molar-refractivity contribution in [1.29, 1.82) is 0 Å². The lowest BCUT2D eigenvalue weighted by Crippen LogP contribution is -2.57. The van der Waals surface area contributed by atoms with Gasteiger partial charge in [-0.15, -0.1) is 0 Å². The molecule has 0 saturated heterocycles. The first-order chi connectivity index (χ1) is 13.6. The lowest BCUT2D eigenvalue weighted by atomic mass is 9.99. The highest BCUT2D eigenvalue weighted by Gasteiger charge is 2.29. The minimum absolute atomic E-state index is 0.189. The zero-order chi connectivity index (χ0) is 22.0. The Kier molecular flexibility index (Phi) is 10.1. The number of rotatable bonds is 11. The molecule has 0 saturated carbocycles. The molecule has 7 nitrogen and oxygen atoms in total. The van der Waals surface area contributed by atoms with Crippen LogP contribution in [0.15, 0.2) is 30.3 Å². The fourth-order valence-electron chi connectivity index (χ4n) is 3.01. The lowest BCUT2D eigenvalue weighted by Gasteiger charge is -2.26. The lowest BCUT2D eigenvalue weighted by molar-refractivity contribution is -0.133. The van der Waals surface area contributed by atoms with Crippen molar-refractivity contribution in [2.24, 2.45) is 11.8 Å². The Labute approximate surface area is 173 Å². The van der Waals surface area contributed by atoms with E-state index in [-0.39, 0.29) is 17.7 Å². The molecule has 0 bridgehead atoms. The van der Waals surface area contributed by atoms with E-state index in [4.69, 9.17) is 0 Å². The van der Waals surface area contributed by atoms with E-state index in [0.29, 0.717) is 19.1 Å². The normalized spacial score (nSPS) is 14.0. The molecule has 0 aliphatic heterocycles. The van der Waals surface area contributed by atoms with Gasteiger partial charge in [0.1, 0.15) is 18.4 Å². The molecule has 1 aromatic carbocycles. The Morgan fingerprint density at radius 1 is 0.931 bits per heavy atom. The van der Waals surface area contributed by atoms with E-state index in [1.54, 1.807) is 0 Å². The summed E-state index contributed by atoms with van der Waals surface area (Å²) in [5.41, 5.74) is 0.928. The molecule has 0 aliphatic rings. The van der Waals surface area contributed by atoms with E-state index in [1.165, 1.54) is 6.92 Å². The largest absolute Gasteiger partial charge is 0.345 e. The second-order valence-corrected chi connectivity index (χ2v) is 8.05. The second kappa shape index (κ2) is 12.0. The number of nitrogens with one attached hydrogen (secondary N) is 3. The molecule has 7 heteroatoms. The van der Waals surface area contributed by atoms with Crippen molar-refractivity contribution in [3.63, 3.8) is 0 Å². The summed E-state index contributed by atoms with van der Waals surface area (Å²) in [6, 6.07) is 7.16. The Morgan fingerprint density at radius 3 is 2.03 bits per heavy atom. The summed E-state index contributed by atoms with van der Waals surface area (Å²) < 4.78 is 0. The third kappa shape index (κ3) is 8.89. The molecule has 160 valence electrons. The van der Waals surface area contributed by atoms with Gasteiger partial charge >= 0.3 is 0 Å². The average Bonchev–Trinajstić information content (AvgIpc) is 2.64. The van der Waals surface area contributed by atoms with Crippen molar-refractivity contribution in [1.82, 2.24) is 16.0 Å². The fraction of sp³-hybridized carbons (Fsp3) is 0.545. The van der Waals surface area contributed by atoms with Gasteiger partial charge in [-0.05, 0) is 30.2 Å². The summed E-state index contributed by atoms with van der Waals surface area (Å²) in [5, 5.41) is 8.09. The first-order valence-electron chi connectivity index (χ1n) is 10.0. The van der Waals surface area contributed by atoms with Crippen LogP contribution in [-0.4, -0.2) is 42.1 Å². The number of hydrogen-bond donors (Lipinski definition) is 3. The van der Waals surface area contributed by atoms with E-state index in [0.717, 1.165) is 5.56 Å². The SMILES string of the molecule is CC(=O)N[C@@H](CC(C)C)C(=O)N[C@H](C(=O)N[C@H](C=O)Cc1ccccc1)C(C)C. The third-order valence-electron chi connectivity index (χ3n) is 4.44. The fourth-order valence-corrected chi connectivity index (χ4v) is 3.01. The summed E-state index contributed by atoms with van der Waals surface area (Å²) in [7, 11) is 0. The van der Waals surface area contributed by atoms with Crippen LogP contribution >= 0.6 is 0 Å². The monoisotopic (exact) mass is 403 g/mol. The van der Waals surface area contributed by atoms with E-state index in [9.17, 15) is 19.2 Å². The van der Waals surface area contributed by atoms with E-state index in [1.807, 2.05) is 58.0 Å². The Bertz CT molecular complexity index is 689. The first-order valence-corrected chi connectivity index (χ1v) is 10.0. The standard InChI is InChI=1S/C22H33N3O4/c1-14(2)11-19(23-16(5)27)21(28)25-20(15(3)4)22(29)24-18(13-26)12-17-9-7-6-8-10-17/h6-10,13-15,18-20H,11-12H2,1-5H3,(H,23,27)(H,24,29)(H,25,28)/t18-,19-,20-/m0/s1.